The summed E-state index contributed by atoms with van der Waals surface area (Å²) in [4.78, 5) is 11.5. The van der Waals surface area contributed by atoms with E-state index in [-0.39, 0.29) is 21.1 Å². The molecule has 0 spiro atoms. The zero-order valence-corrected chi connectivity index (χ0v) is 35.7. The molecule has 0 radical (unpaired) electrons. The molecule has 10 aromatic rings. The van der Waals surface area contributed by atoms with Gasteiger partial charge in [0.1, 0.15) is 5.82 Å². The summed E-state index contributed by atoms with van der Waals surface area (Å²) in [6, 6.07) is 70.8. The third-order valence-corrected chi connectivity index (χ3v) is 11.3. The Kier molecular flexibility index (Phi) is 9.86. The van der Waals surface area contributed by atoms with Gasteiger partial charge in [-0.05, 0) is 40.1 Å². The average Bonchev–Trinajstić information content (AvgIpc) is 3.86. The van der Waals surface area contributed by atoms with Crippen molar-refractivity contribution in [1.82, 2.24) is 9.55 Å². The number of rotatable bonds is 8. The monoisotopic (exact) mass is 967 g/mol. The van der Waals surface area contributed by atoms with Crippen LogP contribution in [0.25, 0.3) is 60.6 Å². The van der Waals surface area contributed by atoms with Crippen molar-refractivity contribution in [3.63, 3.8) is 0 Å². The first-order valence-electron chi connectivity index (χ1n) is 20.1. The molecular weight excluding hydrogens is 930 g/mol. The van der Waals surface area contributed by atoms with Crippen LogP contribution in [-0.2, 0) is 21.1 Å². The van der Waals surface area contributed by atoms with Gasteiger partial charge in [-0.15, -0.1) is 48.1 Å². The molecule has 0 aliphatic carbocycles. The van der Waals surface area contributed by atoms with Gasteiger partial charge < -0.3 is 24.0 Å². The topological polar surface area (TPSA) is 36.8 Å². The van der Waals surface area contributed by atoms with E-state index in [1.165, 1.54) is 5.39 Å². The number of fused-ring (bicyclic) bond motifs is 6. The Morgan fingerprint density at radius 2 is 1.23 bits per heavy atom. The number of pyridine rings is 1. The molecule has 2 aromatic heterocycles. The fourth-order valence-electron chi connectivity index (χ4n) is 8.53. The third kappa shape index (κ3) is 6.70. The molecular formula is C54H38N5OPt-3. The van der Waals surface area contributed by atoms with Gasteiger partial charge in [-0.2, -0.15) is 12.1 Å². The molecule has 8 aromatic carbocycles. The second kappa shape index (κ2) is 15.8. The van der Waals surface area contributed by atoms with Gasteiger partial charge >= 0.3 is 0 Å². The van der Waals surface area contributed by atoms with Crippen molar-refractivity contribution in [2.45, 2.75) is 0 Å². The second-order valence-electron chi connectivity index (χ2n) is 15.2. The Bertz CT molecular complexity index is 3160. The van der Waals surface area contributed by atoms with Gasteiger partial charge in [0.15, 0.2) is 0 Å². The summed E-state index contributed by atoms with van der Waals surface area (Å²) in [5.74, 6) is 1.99. The largest absolute Gasteiger partial charge is 0.509 e. The minimum atomic E-state index is 0. The number of benzene rings is 8. The standard InChI is InChI=1S/C54H38N5O.Pt/c1-56(2)40-31-32-55-52(34-40)59-49-26-12-11-23-47(49)48-29-28-43(35-51(48)59)60-42-21-13-20-41(33-42)57-36-58(54-46-22-10-9-19-39(46)27-30-50(54)57)53-44(37-15-5-3-6-16-37)24-14-25-45(53)38-17-7-4-8-18-38;/h3-32,34,36H,1-2H3;/q-3;. The fraction of sp³-hybridized carbons (Fsp3) is 0.0370. The van der Waals surface area contributed by atoms with Crippen molar-refractivity contribution < 1.29 is 25.8 Å². The number of nitrogens with zero attached hydrogens (tertiary/aromatic N) is 5. The Balaban J connectivity index is 0.00000445. The van der Waals surface area contributed by atoms with Crippen LogP contribution in [0.15, 0.2) is 188 Å². The van der Waals surface area contributed by atoms with Crippen molar-refractivity contribution >= 4 is 61.0 Å². The summed E-state index contributed by atoms with van der Waals surface area (Å²) in [6.45, 7) is 2.20. The Morgan fingerprint density at radius 1 is 0.557 bits per heavy atom. The first kappa shape index (κ1) is 38.1. The van der Waals surface area contributed by atoms with Crippen LogP contribution in [-0.4, -0.2) is 23.6 Å². The summed E-state index contributed by atoms with van der Waals surface area (Å²) in [5.41, 5.74) is 11.7. The maximum Gasteiger partial charge on any atom is 0.137 e. The van der Waals surface area contributed by atoms with E-state index in [4.69, 9.17) is 9.72 Å². The van der Waals surface area contributed by atoms with Crippen LogP contribution in [0.4, 0.5) is 28.4 Å². The molecule has 61 heavy (non-hydrogen) atoms. The molecule has 0 saturated heterocycles. The van der Waals surface area contributed by atoms with E-state index >= 15 is 0 Å². The van der Waals surface area contributed by atoms with Crippen molar-refractivity contribution in [3.8, 4) is 39.6 Å². The predicted molar refractivity (Wildman–Crippen MR) is 247 cm³/mol. The van der Waals surface area contributed by atoms with E-state index in [1.807, 2.05) is 44.6 Å². The number of anilines is 5. The smallest absolute Gasteiger partial charge is 0.137 e. The summed E-state index contributed by atoms with van der Waals surface area (Å²) in [7, 11) is 4.08. The van der Waals surface area contributed by atoms with Crippen LogP contribution in [0.5, 0.6) is 11.5 Å². The maximum absolute atomic E-state index is 6.65. The zero-order chi connectivity index (χ0) is 40.2. The average molecular weight is 968 g/mol. The molecule has 298 valence electrons. The number of aromatic nitrogens is 2. The zero-order valence-electron chi connectivity index (χ0n) is 33.4. The Hall–Kier alpha value is -7.14. The molecule has 6 nitrogen and oxygen atoms in total. The van der Waals surface area contributed by atoms with Gasteiger partial charge in [-0.3, -0.25) is 0 Å². The van der Waals surface area contributed by atoms with E-state index in [2.05, 4.69) is 196 Å². The molecule has 0 bridgehead atoms. The third-order valence-electron chi connectivity index (χ3n) is 11.3. The van der Waals surface area contributed by atoms with E-state index < -0.39 is 0 Å². The van der Waals surface area contributed by atoms with Gasteiger partial charge in [0, 0.05) is 104 Å². The number of hydrogen-bond donors (Lipinski definition) is 0. The number of ether oxygens (including phenoxy) is 1. The van der Waals surface area contributed by atoms with Crippen molar-refractivity contribution in [2.75, 3.05) is 28.8 Å². The van der Waals surface area contributed by atoms with Gasteiger partial charge in [-0.25, -0.2) is 4.98 Å². The van der Waals surface area contributed by atoms with Crippen LogP contribution in [0.2, 0.25) is 0 Å². The van der Waals surface area contributed by atoms with Crippen molar-refractivity contribution in [1.29, 1.82) is 0 Å². The molecule has 0 atom stereocenters. The van der Waals surface area contributed by atoms with Gasteiger partial charge in [0.2, 0.25) is 0 Å². The van der Waals surface area contributed by atoms with Crippen molar-refractivity contribution in [3.05, 3.63) is 207 Å². The molecule has 0 amide bonds. The molecule has 1 aliphatic heterocycles. The molecule has 1 aliphatic rings. The summed E-state index contributed by atoms with van der Waals surface area (Å²) >= 11 is 0. The van der Waals surface area contributed by atoms with Crippen LogP contribution in [0.1, 0.15) is 0 Å². The molecule has 0 unspecified atom stereocenters. The van der Waals surface area contributed by atoms with Crippen LogP contribution < -0.4 is 19.4 Å². The molecule has 3 heterocycles. The quantitative estimate of drug-likeness (QED) is 0.142. The predicted octanol–water partition coefficient (Wildman–Crippen LogP) is 13.5. The number of hydrogen-bond acceptors (Lipinski definition) is 5. The van der Waals surface area contributed by atoms with Gasteiger partial charge in [0.05, 0.1) is 0 Å². The van der Waals surface area contributed by atoms with Gasteiger partial charge in [-0.1, -0.05) is 133 Å². The van der Waals surface area contributed by atoms with E-state index in [0.29, 0.717) is 11.5 Å². The van der Waals surface area contributed by atoms with Crippen molar-refractivity contribution in [2.24, 2.45) is 0 Å². The summed E-state index contributed by atoms with van der Waals surface area (Å²) < 4.78 is 8.82. The second-order valence-corrected chi connectivity index (χ2v) is 15.2. The minimum absolute atomic E-state index is 0. The summed E-state index contributed by atoms with van der Waals surface area (Å²) in [6.07, 6.45) is 1.85. The fourth-order valence-corrected chi connectivity index (χ4v) is 8.53. The number of para-hydroxylation sites is 2. The maximum atomic E-state index is 6.65. The Morgan fingerprint density at radius 3 is 1.98 bits per heavy atom. The normalized spacial score (nSPS) is 12.2. The van der Waals surface area contributed by atoms with Crippen LogP contribution >= 0.6 is 0 Å². The molecule has 0 N–H and O–H groups in total. The molecule has 7 heteroatoms. The SMILES string of the molecule is CN(C)c1ccnc(-n2c3[c-]c(Oc4[c-]c(N5[CH-]N(c6c(-c7ccccc7)cccc6-c6ccccc6)c6c5ccc5ccccc65)ccc4)ccc3c3ccccc32)c1.[Pt]. The minimum Gasteiger partial charge on any atom is -0.509 e. The first-order chi connectivity index (χ1) is 29.6. The van der Waals surface area contributed by atoms with Gasteiger partial charge in [0.25, 0.3) is 0 Å². The van der Waals surface area contributed by atoms with E-state index in [9.17, 15) is 0 Å². The van der Waals surface area contributed by atoms with Crippen LogP contribution in [0.3, 0.4) is 0 Å². The summed E-state index contributed by atoms with van der Waals surface area (Å²) in [5, 5.41) is 4.54. The molecule has 0 saturated carbocycles. The first-order valence-corrected chi connectivity index (χ1v) is 20.1. The molecule has 11 rings (SSSR count). The van der Waals surface area contributed by atoms with Crippen LogP contribution in [0, 0.1) is 18.8 Å². The Labute approximate surface area is 369 Å². The van der Waals surface area contributed by atoms with E-state index in [1.54, 1.807) is 0 Å². The van der Waals surface area contributed by atoms with E-state index in [0.717, 1.165) is 83.7 Å². The molecule has 0 fully saturated rings.